The third-order valence-corrected chi connectivity index (χ3v) is 5.13. The molecule has 162 valence electrons. The number of ether oxygens (including phenoxy) is 1. The van der Waals surface area contributed by atoms with Crippen LogP contribution in [0.15, 0.2) is 28.2 Å². The van der Waals surface area contributed by atoms with Gasteiger partial charge in [-0.3, -0.25) is 9.98 Å². The Hall–Kier alpha value is -2.03. The fourth-order valence-corrected chi connectivity index (χ4v) is 3.45. The summed E-state index contributed by atoms with van der Waals surface area (Å²) < 4.78 is 18.3. The molecular formula is C21H35FN6O. The van der Waals surface area contributed by atoms with Gasteiger partial charge in [0.25, 0.3) is 0 Å². The van der Waals surface area contributed by atoms with Crippen molar-refractivity contribution in [3.05, 3.63) is 23.8 Å². The van der Waals surface area contributed by atoms with E-state index in [1.807, 2.05) is 25.2 Å². The van der Waals surface area contributed by atoms with Gasteiger partial charge in [0, 0.05) is 43.7 Å². The summed E-state index contributed by atoms with van der Waals surface area (Å²) in [6, 6.07) is 5.92. The van der Waals surface area contributed by atoms with Crippen molar-refractivity contribution in [3.63, 3.8) is 0 Å². The first-order valence-corrected chi connectivity index (χ1v) is 10.3. The average Bonchev–Trinajstić information content (AvgIpc) is 2.73. The number of likely N-dealkylation sites (tertiary alicyclic amines) is 1. The van der Waals surface area contributed by atoms with E-state index in [-0.39, 0.29) is 6.42 Å². The van der Waals surface area contributed by atoms with Gasteiger partial charge < -0.3 is 26.0 Å². The van der Waals surface area contributed by atoms with E-state index in [9.17, 15) is 4.39 Å². The lowest BCUT2D eigenvalue weighted by atomic mass is 10.0. The van der Waals surface area contributed by atoms with E-state index in [4.69, 9.17) is 10.5 Å². The van der Waals surface area contributed by atoms with Crippen molar-refractivity contribution in [2.75, 3.05) is 46.9 Å². The second kappa shape index (κ2) is 12.5. The molecule has 1 aliphatic rings. The normalized spacial score (nSPS) is 17.2. The third kappa shape index (κ3) is 7.72. The van der Waals surface area contributed by atoms with Gasteiger partial charge in [-0.25, -0.2) is 4.39 Å². The van der Waals surface area contributed by atoms with Crippen LogP contribution < -0.4 is 21.1 Å². The molecule has 1 fully saturated rings. The van der Waals surface area contributed by atoms with Gasteiger partial charge >= 0.3 is 0 Å². The number of hydrogen-bond donors (Lipinski definition) is 3. The number of alkyl halides is 1. The lowest BCUT2D eigenvalue weighted by Gasteiger charge is -2.33. The number of rotatable bonds is 11. The molecule has 1 saturated heterocycles. The van der Waals surface area contributed by atoms with Crippen LogP contribution >= 0.6 is 0 Å². The number of benzene rings is 1. The summed E-state index contributed by atoms with van der Waals surface area (Å²) in [5, 5.41) is 6.76. The van der Waals surface area contributed by atoms with Crippen molar-refractivity contribution in [2.24, 2.45) is 15.7 Å². The number of aliphatic imine (C=N–C) groups is 2. The molecule has 1 unspecified atom stereocenters. The summed E-state index contributed by atoms with van der Waals surface area (Å²) in [7, 11) is 3.60. The van der Waals surface area contributed by atoms with Crippen LogP contribution in [0.2, 0.25) is 0 Å². The van der Waals surface area contributed by atoms with Crippen molar-refractivity contribution < 1.29 is 9.13 Å². The van der Waals surface area contributed by atoms with Gasteiger partial charge in [-0.1, -0.05) is 0 Å². The zero-order valence-corrected chi connectivity index (χ0v) is 17.7. The summed E-state index contributed by atoms with van der Waals surface area (Å²) in [6.07, 6.45) is 2.05. The van der Waals surface area contributed by atoms with Crippen molar-refractivity contribution in [1.29, 1.82) is 0 Å². The van der Waals surface area contributed by atoms with E-state index in [1.165, 1.54) is 0 Å². The molecule has 0 aromatic heterocycles. The Morgan fingerprint density at radius 2 is 2.17 bits per heavy atom. The Kier molecular flexibility index (Phi) is 10.0. The zero-order valence-electron chi connectivity index (χ0n) is 17.7. The molecule has 0 bridgehead atoms. The van der Waals surface area contributed by atoms with E-state index >= 15 is 0 Å². The van der Waals surface area contributed by atoms with Crippen molar-refractivity contribution in [1.82, 2.24) is 15.5 Å². The van der Waals surface area contributed by atoms with E-state index in [0.29, 0.717) is 29.9 Å². The van der Waals surface area contributed by atoms with Gasteiger partial charge in [0.1, 0.15) is 17.9 Å². The SMILES string of the molecule is C=Nc1cc(OC)ccc1C(=NCCC(N)F)NC1CCN(CCCNC)CC1. The topological polar surface area (TPSA) is 87.3 Å². The minimum Gasteiger partial charge on any atom is -0.497 e. The molecule has 4 N–H and O–H groups in total. The van der Waals surface area contributed by atoms with Crippen molar-refractivity contribution in [3.8, 4) is 5.75 Å². The lowest BCUT2D eigenvalue weighted by molar-refractivity contribution is 0.204. The molecule has 0 aliphatic carbocycles. The number of hydrogen-bond acceptors (Lipinski definition) is 6. The second-order valence-electron chi connectivity index (χ2n) is 7.29. The molecule has 8 heteroatoms. The van der Waals surface area contributed by atoms with Gasteiger partial charge in [0.2, 0.25) is 0 Å². The highest BCUT2D eigenvalue weighted by molar-refractivity contribution is 6.03. The highest BCUT2D eigenvalue weighted by Gasteiger charge is 2.21. The molecule has 0 amide bonds. The molecule has 7 nitrogen and oxygen atoms in total. The number of nitrogens with zero attached hydrogens (tertiary/aromatic N) is 3. The summed E-state index contributed by atoms with van der Waals surface area (Å²) in [6.45, 7) is 8.25. The molecular weight excluding hydrogens is 371 g/mol. The predicted octanol–water partition coefficient (Wildman–Crippen LogP) is 2.08. The standard InChI is InChI=1S/C21H35FN6O/c1-24-10-4-12-28-13-8-16(9-14-28)27-21(26-11-7-20(22)23)18-6-5-17(29-3)15-19(18)25-2/h5-6,15-16,20,24H,2,4,7-14,23H2,1,3H3,(H,26,27). The fourth-order valence-electron chi connectivity index (χ4n) is 3.45. The van der Waals surface area contributed by atoms with Gasteiger partial charge in [-0.05, 0) is 58.2 Å². The van der Waals surface area contributed by atoms with Gasteiger partial charge in [0.15, 0.2) is 0 Å². The molecule has 1 aromatic carbocycles. The van der Waals surface area contributed by atoms with Crippen molar-refractivity contribution in [2.45, 2.75) is 38.0 Å². The van der Waals surface area contributed by atoms with Gasteiger partial charge in [0.05, 0.1) is 12.8 Å². The molecule has 1 atom stereocenters. The predicted molar refractivity (Wildman–Crippen MR) is 118 cm³/mol. The zero-order chi connectivity index (χ0) is 21.1. The summed E-state index contributed by atoms with van der Waals surface area (Å²) in [5.74, 6) is 1.42. The smallest absolute Gasteiger partial charge is 0.150 e. The number of methoxy groups -OCH3 is 1. The third-order valence-electron chi connectivity index (χ3n) is 5.13. The van der Waals surface area contributed by atoms with Crippen LogP contribution in [0.5, 0.6) is 5.75 Å². The second-order valence-corrected chi connectivity index (χ2v) is 7.29. The Balaban J connectivity index is 2.07. The first-order valence-electron chi connectivity index (χ1n) is 10.3. The average molecular weight is 407 g/mol. The first-order chi connectivity index (χ1) is 14.1. The summed E-state index contributed by atoms with van der Waals surface area (Å²) in [4.78, 5) is 11.2. The molecule has 1 heterocycles. The largest absolute Gasteiger partial charge is 0.497 e. The minimum absolute atomic E-state index is 0.183. The van der Waals surface area contributed by atoms with E-state index in [0.717, 1.165) is 51.0 Å². The molecule has 2 rings (SSSR count). The maximum absolute atomic E-state index is 13.1. The Bertz CT molecular complexity index is 659. The highest BCUT2D eigenvalue weighted by atomic mass is 19.1. The van der Waals surface area contributed by atoms with Crippen molar-refractivity contribution >= 4 is 18.2 Å². The molecule has 0 radical (unpaired) electrons. The number of nitrogens with two attached hydrogens (primary N) is 1. The lowest BCUT2D eigenvalue weighted by Crippen LogP contribution is -2.45. The summed E-state index contributed by atoms with van der Waals surface area (Å²) in [5.41, 5.74) is 6.77. The van der Waals surface area contributed by atoms with E-state index < -0.39 is 6.30 Å². The quantitative estimate of drug-likeness (QED) is 0.227. The van der Waals surface area contributed by atoms with Crippen LogP contribution in [0.25, 0.3) is 0 Å². The van der Waals surface area contributed by atoms with Crippen LogP contribution in [0.1, 0.15) is 31.2 Å². The molecule has 1 aliphatic heterocycles. The van der Waals surface area contributed by atoms with Crippen LogP contribution in [0, 0.1) is 0 Å². The Morgan fingerprint density at radius 3 is 2.79 bits per heavy atom. The molecule has 0 spiro atoms. The Morgan fingerprint density at radius 1 is 1.41 bits per heavy atom. The van der Waals surface area contributed by atoms with E-state index in [1.54, 1.807) is 7.11 Å². The minimum atomic E-state index is -1.37. The fraction of sp³-hybridized carbons (Fsp3) is 0.619. The van der Waals surface area contributed by atoms with Crippen LogP contribution in [-0.4, -0.2) is 76.7 Å². The first kappa shape index (κ1) is 23.3. The monoisotopic (exact) mass is 406 g/mol. The van der Waals surface area contributed by atoms with Crippen LogP contribution in [0.3, 0.4) is 0 Å². The molecule has 0 saturated carbocycles. The van der Waals surface area contributed by atoms with Crippen LogP contribution in [0.4, 0.5) is 10.1 Å². The van der Waals surface area contributed by atoms with Gasteiger partial charge in [-0.2, -0.15) is 0 Å². The molecule has 1 aromatic rings. The maximum Gasteiger partial charge on any atom is 0.150 e. The molecule has 29 heavy (non-hydrogen) atoms. The Labute approximate surface area is 173 Å². The number of nitrogens with one attached hydrogen (secondary N) is 2. The number of piperidine rings is 1. The number of amidine groups is 1. The highest BCUT2D eigenvalue weighted by Crippen LogP contribution is 2.25. The number of halogens is 1. The van der Waals surface area contributed by atoms with Crippen LogP contribution in [-0.2, 0) is 0 Å². The van der Waals surface area contributed by atoms with E-state index in [2.05, 4.69) is 32.2 Å². The summed E-state index contributed by atoms with van der Waals surface area (Å²) >= 11 is 0. The maximum atomic E-state index is 13.1. The van der Waals surface area contributed by atoms with Gasteiger partial charge in [-0.15, -0.1) is 0 Å².